The summed E-state index contributed by atoms with van der Waals surface area (Å²) in [7, 11) is 3.68. The minimum Gasteiger partial charge on any atom is -0.340 e. The Balaban J connectivity index is 0.00000400. The van der Waals surface area contributed by atoms with Crippen molar-refractivity contribution >= 4 is 18.3 Å². The Morgan fingerprint density at radius 2 is 1.95 bits per heavy atom. The zero-order chi connectivity index (χ0) is 15.4. The summed E-state index contributed by atoms with van der Waals surface area (Å²) in [6.45, 7) is 9.04. The second-order valence-electron chi connectivity index (χ2n) is 6.16. The van der Waals surface area contributed by atoms with Crippen molar-refractivity contribution in [1.29, 1.82) is 0 Å². The molecule has 0 bridgehead atoms. The molecule has 0 aliphatic heterocycles. The summed E-state index contributed by atoms with van der Waals surface area (Å²) >= 11 is 0. The summed E-state index contributed by atoms with van der Waals surface area (Å²) < 4.78 is 1.78. The molecule has 2 N–H and O–H groups in total. The van der Waals surface area contributed by atoms with Crippen LogP contribution in [0.1, 0.15) is 56.2 Å². The monoisotopic (exact) mass is 316 g/mol. The summed E-state index contributed by atoms with van der Waals surface area (Å²) in [5.41, 5.74) is 7.59. The summed E-state index contributed by atoms with van der Waals surface area (Å²) in [4.78, 5) is 14.0. The van der Waals surface area contributed by atoms with Gasteiger partial charge in [-0.2, -0.15) is 5.10 Å². The summed E-state index contributed by atoms with van der Waals surface area (Å²) in [5, 5.41) is 4.31. The molecule has 0 fully saturated rings. The Morgan fingerprint density at radius 3 is 2.38 bits per heavy atom. The molecule has 1 atom stereocenters. The standard InChI is InChI=1S/C15H28N4O.ClH/c1-10(2)12(16)7-8-18(5)15(20)13-9-14(11(3)4)19(6)17-13;/h9-12H,7-8,16H2,1-6H3;1H. The van der Waals surface area contributed by atoms with E-state index in [-0.39, 0.29) is 24.4 Å². The van der Waals surface area contributed by atoms with Gasteiger partial charge in [-0.3, -0.25) is 9.48 Å². The molecule has 0 aliphatic carbocycles. The summed E-state index contributed by atoms with van der Waals surface area (Å²) in [6, 6.07) is 2.01. The van der Waals surface area contributed by atoms with Gasteiger partial charge in [0.25, 0.3) is 5.91 Å². The lowest BCUT2D eigenvalue weighted by Crippen LogP contribution is -2.34. The van der Waals surface area contributed by atoms with Crippen LogP contribution in [0.4, 0.5) is 0 Å². The normalized spacial score (nSPS) is 12.4. The van der Waals surface area contributed by atoms with Crippen LogP contribution in [0.15, 0.2) is 6.07 Å². The van der Waals surface area contributed by atoms with Gasteiger partial charge in [-0.05, 0) is 24.3 Å². The smallest absolute Gasteiger partial charge is 0.274 e. The number of aryl methyl sites for hydroxylation is 1. The zero-order valence-electron chi connectivity index (χ0n) is 14.0. The van der Waals surface area contributed by atoms with Crippen LogP contribution in [0.25, 0.3) is 0 Å². The van der Waals surface area contributed by atoms with Gasteiger partial charge < -0.3 is 10.6 Å². The maximum atomic E-state index is 12.3. The Kier molecular flexibility index (Phi) is 7.96. The van der Waals surface area contributed by atoms with Crippen LogP contribution >= 0.6 is 12.4 Å². The van der Waals surface area contributed by atoms with E-state index in [9.17, 15) is 4.79 Å². The lowest BCUT2D eigenvalue weighted by Gasteiger charge is -2.20. The quantitative estimate of drug-likeness (QED) is 0.876. The first-order valence-corrected chi connectivity index (χ1v) is 7.29. The van der Waals surface area contributed by atoms with E-state index < -0.39 is 0 Å². The predicted molar refractivity (Wildman–Crippen MR) is 88.9 cm³/mol. The molecule has 1 aromatic heterocycles. The van der Waals surface area contributed by atoms with E-state index in [2.05, 4.69) is 32.8 Å². The number of aromatic nitrogens is 2. The topological polar surface area (TPSA) is 64.2 Å². The molecule has 0 saturated carbocycles. The van der Waals surface area contributed by atoms with E-state index in [0.29, 0.717) is 24.1 Å². The highest BCUT2D eigenvalue weighted by Crippen LogP contribution is 2.15. The third-order valence-electron chi connectivity index (χ3n) is 3.73. The minimum atomic E-state index is -0.0385. The Bertz CT molecular complexity index is 457. The van der Waals surface area contributed by atoms with Crippen LogP contribution in [0, 0.1) is 5.92 Å². The van der Waals surface area contributed by atoms with Crippen molar-refractivity contribution in [1.82, 2.24) is 14.7 Å². The number of carbonyl (C=O) groups is 1. The Morgan fingerprint density at radius 1 is 1.38 bits per heavy atom. The van der Waals surface area contributed by atoms with Crippen molar-refractivity contribution in [2.24, 2.45) is 18.7 Å². The van der Waals surface area contributed by atoms with Crippen molar-refractivity contribution < 1.29 is 4.79 Å². The fourth-order valence-electron chi connectivity index (χ4n) is 2.10. The van der Waals surface area contributed by atoms with Crippen molar-refractivity contribution in [2.45, 2.75) is 46.1 Å². The molecule has 0 aromatic carbocycles. The molecule has 0 spiro atoms. The zero-order valence-corrected chi connectivity index (χ0v) is 14.8. The van der Waals surface area contributed by atoms with Gasteiger partial charge in [0.05, 0.1) is 0 Å². The molecular formula is C15H29ClN4O. The van der Waals surface area contributed by atoms with E-state index in [1.807, 2.05) is 13.1 Å². The number of nitrogens with zero attached hydrogens (tertiary/aromatic N) is 3. The van der Waals surface area contributed by atoms with Crippen molar-refractivity contribution in [3.05, 3.63) is 17.5 Å². The highest BCUT2D eigenvalue weighted by molar-refractivity contribution is 5.92. The summed E-state index contributed by atoms with van der Waals surface area (Å²) in [5.74, 6) is 0.748. The molecule has 6 heteroatoms. The molecule has 1 heterocycles. The van der Waals surface area contributed by atoms with Crippen molar-refractivity contribution in [3.8, 4) is 0 Å². The van der Waals surface area contributed by atoms with Crippen LogP contribution < -0.4 is 5.73 Å². The van der Waals surface area contributed by atoms with Gasteiger partial charge in [0.1, 0.15) is 0 Å². The van der Waals surface area contributed by atoms with Crippen molar-refractivity contribution in [3.63, 3.8) is 0 Å². The second kappa shape index (κ2) is 8.39. The van der Waals surface area contributed by atoms with E-state index in [4.69, 9.17) is 5.73 Å². The lowest BCUT2D eigenvalue weighted by molar-refractivity contribution is 0.0782. The molecule has 21 heavy (non-hydrogen) atoms. The van der Waals surface area contributed by atoms with Gasteiger partial charge in [-0.15, -0.1) is 12.4 Å². The third-order valence-corrected chi connectivity index (χ3v) is 3.73. The van der Waals surface area contributed by atoms with E-state index >= 15 is 0 Å². The number of halogens is 1. The molecule has 1 unspecified atom stereocenters. The molecule has 1 rings (SSSR count). The Labute approximate surface area is 134 Å². The molecule has 1 amide bonds. The highest BCUT2D eigenvalue weighted by atomic mass is 35.5. The summed E-state index contributed by atoms with van der Waals surface area (Å²) in [6.07, 6.45) is 0.809. The first-order valence-electron chi connectivity index (χ1n) is 7.29. The maximum absolute atomic E-state index is 12.3. The number of amides is 1. The number of nitrogens with two attached hydrogens (primary N) is 1. The number of hydrogen-bond donors (Lipinski definition) is 1. The average molecular weight is 317 g/mol. The maximum Gasteiger partial charge on any atom is 0.274 e. The molecular weight excluding hydrogens is 288 g/mol. The van der Waals surface area contributed by atoms with Crippen LogP contribution in [0.2, 0.25) is 0 Å². The van der Waals surface area contributed by atoms with Gasteiger partial charge in [0.2, 0.25) is 0 Å². The molecule has 0 radical (unpaired) electrons. The van der Waals surface area contributed by atoms with Gasteiger partial charge in [-0.1, -0.05) is 27.7 Å². The number of carbonyl (C=O) groups excluding carboxylic acids is 1. The van der Waals surface area contributed by atoms with E-state index in [1.165, 1.54) is 0 Å². The van der Waals surface area contributed by atoms with Gasteiger partial charge in [-0.25, -0.2) is 0 Å². The fraction of sp³-hybridized carbons (Fsp3) is 0.733. The Hall–Kier alpha value is -1.07. The molecule has 1 aromatic rings. The average Bonchev–Trinajstić information content (AvgIpc) is 2.76. The van der Waals surface area contributed by atoms with E-state index in [0.717, 1.165) is 12.1 Å². The van der Waals surface area contributed by atoms with Crippen LogP contribution in [0.3, 0.4) is 0 Å². The molecule has 122 valence electrons. The minimum absolute atomic E-state index is 0. The predicted octanol–water partition coefficient (Wildman–Crippen LogP) is 2.41. The SMILES string of the molecule is CC(C)c1cc(C(=O)N(C)CCC(N)C(C)C)nn1C.Cl. The van der Waals surface area contributed by atoms with Crippen LogP contribution in [-0.4, -0.2) is 40.2 Å². The van der Waals surface area contributed by atoms with Crippen LogP contribution in [-0.2, 0) is 7.05 Å². The number of hydrogen-bond acceptors (Lipinski definition) is 3. The second-order valence-corrected chi connectivity index (χ2v) is 6.16. The van der Waals surface area contributed by atoms with Gasteiger partial charge in [0, 0.05) is 32.4 Å². The molecule has 0 saturated heterocycles. The van der Waals surface area contributed by atoms with E-state index in [1.54, 1.807) is 16.6 Å². The lowest BCUT2D eigenvalue weighted by atomic mass is 10.0. The third kappa shape index (κ3) is 5.32. The largest absolute Gasteiger partial charge is 0.340 e. The highest BCUT2D eigenvalue weighted by Gasteiger charge is 2.19. The van der Waals surface area contributed by atoms with Gasteiger partial charge >= 0.3 is 0 Å². The van der Waals surface area contributed by atoms with Crippen molar-refractivity contribution in [2.75, 3.05) is 13.6 Å². The first-order chi connectivity index (χ1) is 9.23. The van der Waals surface area contributed by atoms with Crippen LogP contribution in [0.5, 0.6) is 0 Å². The first kappa shape index (κ1) is 19.9. The molecule has 5 nitrogen and oxygen atoms in total. The van der Waals surface area contributed by atoms with Gasteiger partial charge in [0.15, 0.2) is 5.69 Å². The number of rotatable bonds is 6. The molecule has 0 aliphatic rings. The fourth-order valence-corrected chi connectivity index (χ4v) is 2.10.